The first-order chi connectivity index (χ1) is 15.4. The lowest BCUT2D eigenvalue weighted by Crippen LogP contribution is -2.27. The summed E-state index contributed by atoms with van der Waals surface area (Å²) in [6.07, 6.45) is 4.29. The Balaban J connectivity index is 1.83. The highest BCUT2D eigenvalue weighted by Crippen LogP contribution is 2.43. The summed E-state index contributed by atoms with van der Waals surface area (Å²) in [5.74, 6) is 3.15. The smallest absolute Gasteiger partial charge is 0.162 e. The van der Waals surface area contributed by atoms with Crippen molar-refractivity contribution in [2.75, 3.05) is 21.3 Å². The Morgan fingerprint density at radius 3 is 2.41 bits per heavy atom. The van der Waals surface area contributed by atoms with Crippen molar-refractivity contribution in [3.05, 3.63) is 65.7 Å². The maximum absolute atomic E-state index is 6.29. The van der Waals surface area contributed by atoms with Crippen LogP contribution in [-0.4, -0.2) is 31.5 Å². The van der Waals surface area contributed by atoms with Crippen molar-refractivity contribution in [2.45, 2.75) is 26.0 Å². The van der Waals surface area contributed by atoms with E-state index in [-0.39, 0.29) is 5.60 Å². The number of nitrogens with zero attached hydrogens (tertiary/aromatic N) is 1. The highest BCUT2D eigenvalue weighted by atomic mass is 16.5. The Bertz CT molecular complexity index is 1360. The molecule has 3 aromatic carbocycles. The van der Waals surface area contributed by atoms with Crippen LogP contribution in [-0.2, 0) is 6.54 Å². The molecule has 5 rings (SSSR count). The molecule has 1 aliphatic rings. The molecule has 1 aliphatic heterocycles. The second-order valence-electron chi connectivity index (χ2n) is 8.57. The fraction of sp³-hybridized carbons (Fsp3) is 0.259. The SMILES string of the molecule is COc1cccc(Cn2c3cc(OC)c(OC)cc3c3ccc4c(c32)C=CC(C)(C)O4)c1. The molecule has 0 bridgehead atoms. The molecule has 164 valence electrons. The van der Waals surface area contributed by atoms with Gasteiger partial charge in [-0.15, -0.1) is 0 Å². The lowest BCUT2D eigenvalue weighted by molar-refractivity contribution is 0.159. The summed E-state index contributed by atoms with van der Waals surface area (Å²) in [5.41, 5.74) is 4.10. The van der Waals surface area contributed by atoms with E-state index < -0.39 is 0 Å². The van der Waals surface area contributed by atoms with Gasteiger partial charge in [0.2, 0.25) is 0 Å². The van der Waals surface area contributed by atoms with Crippen LogP contribution in [0, 0.1) is 0 Å². The molecular weight excluding hydrogens is 402 g/mol. The Morgan fingerprint density at radius 1 is 0.875 bits per heavy atom. The monoisotopic (exact) mass is 429 g/mol. The van der Waals surface area contributed by atoms with Gasteiger partial charge in [0, 0.05) is 28.9 Å². The number of hydrogen-bond acceptors (Lipinski definition) is 4. The van der Waals surface area contributed by atoms with E-state index in [0.717, 1.165) is 44.4 Å². The Labute approximate surface area is 187 Å². The molecule has 32 heavy (non-hydrogen) atoms. The number of ether oxygens (including phenoxy) is 4. The van der Waals surface area contributed by atoms with Crippen LogP contribution < -0.4 is 18.9 Å². The number of rotatable bonds is 5. The number of aromatic nitrogens is 1. The Kier molecular flexibility index (Phi) is 4.77. The van der Waals surface area contributed by atoms with Crippen molar-refractivity contribution in [3.8, 4) is 23.0 Å². The summed E-state index contributed by atoms with van der Waals surface area (Å²) < 4.78 is 25.3. The lowest BCUT2D eigenvalue weighted by Gasteiger charge is -2.28. The Hall–Kier alpha value is -3.60. The second kappa shape index (κ2) is 7.52. The molecule has 2 heterocycles. The summed E-state index contributed by atoms with van der Waals surface area (Å²) in [6.45, 7) is 4.82. The maximum atomic E-state index is 6.29. The minimum absolute atomic E-state index is 0.337. The minimum atomic E-state index is -0.337. The first kappa shape index (κ1) is 20.3. The zero-order chi connectivity index (χ0) is 22.5. The van der Waals surface area contributed by atoms with Gasteiger partial charge in [0.15, 0.2) is 11.5 Å². The van der Waals surface area contributed by atoms with Crippen LogP contribution in [0.2, 0.25) is 0 Å². The van der Waals surface area contributed by atoms with Crippen molar-refractivity contribution in [1.82, 2.24) is 4.57 Å². The highest BCUT2D eigenvalue weighted by molar-refractivity contribution is 6.12. The van der Waals surface area contributed by atoms with Crippen molar-refractivity contribution in [2.24, 2.45) is 0 Å². The van der Waals surface area contributed by atoms with Crippen LogP contribution in [0.15, 0.2) is 54.6 Å². The molecule has 1 aromatic heterocycles. The van der Waals surface area contributed by atoms with Crippen molar-refractivity contribution in [1.29, 1.82) is 0 Å². The molecule has 0 saturated heterocycles. The number of methoxy groups -OCH3 is 3. The largest absolute Gasteiger partial charge is 0.497 e. The van der Waals surface area contributed by atoms with Gasteiger partial charge in [-0.2, -0.15) is 0 Å². The second-order valence-corrected chi connectivity index (χ2v) is 8.57. The lowest BCUT2D eigenvalue weighted by atomic mass is 10.00. The molecule has 5 nitrogen and oxygen atoms in total. The van der Waals surface area contributed by atoms with Crippen LogP contribution in [0.5, 0.6) is 23.0 Å². The molecule has 4 aromatic rings. The van der Waals surface area contributed by atoms with Gasteiger partial charge in [0.05, 0.1) is 32.4 Å². The van der Waals surface area contributed by atoms with E-state index >= 15 is 0 Å². The molecule has 0 fully saturated rings. The summed E-state index contributed by atoms with van der Waals surface area (Å²) in [4.78, 5) is 0. The van der Waals surface area contributed by atoms with Gasteiger partial charge in [0.1, 0.15) is 17.1 Å². The number of benzene rings is 3. The average Bonchev–Trinajstić information content (AvgIpc) is 3.10. The predicted octanol–water partition coefficient (Wildman–Crippen LogP) is 6.05. The van der Waals surface area contributed by atoms with Gasteiger partial charge >= 0.3 is 0 Å². The highest BCUT2D eigenvalue weighted by Gasteiger charge is 2.26. The van der Waals surface area contributed by atoms with E-state index in [2.05, 4.69) is 67.0 Å². The van der Waals surface area contributed by atoms with E-state index in [1.165, 1.54) is 0 Å². The molecule has 0 amide bonds. The topological polar surface area (TPSA) is 41.9 Å². The molecule has 0 unspecified atom stereocenters. The van der Waals surface area contributed by atoms with Gasteiger partial charge in [-0.25, -0.2) is 0 Å². The van der Waals surface area contributed by atoms with Crippen LogP contribution in [0.25, 0.3) is 27.9 Å². The van der Waals surface area contributed by atoms with Gasteiger partial charge < -0.3 is 23.5 Å². The molecule has 5 heteroatoms. The Morgan fingerprint density at radius 2 is 1.66 bits per heavy atom. The van der Waals surface area contributed by atoms with E-state index in [9.17, 15) is 0 Å². The van der Waals surface area contributed by atoms with Crippen LogP contribution in [0.1, 0.15) is 25.0 Å². The van der Waals surface area contributed by atoms with Crippen molar-refractivity contribution in [3.63, 3.8) is 0 Å². The fourth-order valence-corrected chi connectivity index (χ4v) is 4.49. The predicted molar refractivity (Wildman–Crippen MR) is 128 cm³/mol. The molecule has 0 radical (unpaired) electrons. The first-order valence-corrected chi connectivity index (χ1v) is 10.7. The third kappa shape index (κ3) is 3.25. The summed E-state index contributed by atoms with van der Waals surface area (Å²) in [6, 6.07) is 16.5. The molecule has 0 aliphatic carbocycles. The molecule has 0 N–H and O–H groups in total. The van der Waals surface area contributed by atoms with Gasteiger partial charge in [-0.05, 0) is 61.9 Å². The van der Waals surface area contributed by atoms with E-state index in [1.807, 2.05) is 12.1 Å². The summed E-state index contributed by atoms with van der Waals surface area (Å²) in [5, 5.41) is 2.26. The third-order valence-corrected chi connectivity index (χ3v) is 6.03. The normalized spacial score (nSPS) is 14.3. The zero-order valence-electron chi connectivity index (χ0n) is 19.1. The minimum Gasteiger partial charge on any atom is -0.497 e. The molecular formula is C27H27NO4. The van der Waals surface area contributed by atoms with Gasteiger partial charge in [-0.3, -0.25) is 0 Å². The van der Waals surface area contributed by atoms with E-state index in [0.29, 0.717) is 18.0 Å². The van der Waals surface area contributed by atoms with Crippen LogP contribution in [0.4, 0.5) is 0 Å². The molecule has 0 saturated carbocycles. The quantitative estimate of drug-likeness (QED) is 0.387. The average molecular weight is 430 g/mol. The van der Waals surface area contributed by atoms with Gasteiger partial charge in [-0.1, -0.05) is 12.1 Å². The van der Waals surface area contributed by atoms with Crippen molar-refractivity contribution < 1.29 is 18.9 Å². The van der Waals surface area contributed by atoms with Crippen LogP contribution in [0.3, 0.4) is 0 Å². The maximum Gasteiger partial charge on any atom is 0.162 e. The zero-order valence-corrected chi connectivity index (χ0v) is 19.1. The molecule has 0 spiro atoms. The van der Waals surface area contributed by atoms with E-state index in [4.69, 9.17) is 18.9 Å². The third-order valence-electron chi connectivity index (χ3n) is 6.03. The molecule has 0 atom stereocenters. The number of hydrogen-bond donors (Lipinski definition) is 0. The standard InChI is InChI=1S/C27H27NO4/c1-27(2)12-11-20-23(32-27)10-9-19-21-14-24(30-4)25(31-5)15-22(21)28(26(19)20)16-17-7-6-8-18(13-17)29-3/h6-15H,16H2,1-5H3. The van der Waals surface area contributed by atoms with Crippen LogP contribution >= 0.6 is 0 Å². The van der Waals surface area contributed by atoms with Gasteiger partial charge in [0.25, 0.3) is 0 Å². The van der Waals surface area contributed by atoms with E-state index in [1.54, 1.807) is 21.3 Å². The van der Waals surface area contributed by atoms with Crippen molar-refractivity contribution >= 4 is 27.9 Å². The first-order valence-electron chi connectivity index (χ1n) is 10.7. The number of fused-ring (bicyclic) bond motifs is 5. The summed E-state index contributed by atoms with van der Waals surface area (Å²) >= 11 is 0. The fourth-order valence-electron chi connectivity index (χ4n) is 4.49. The summed E-state index contributed by atoms with van der Waals surface area (Å²) in [7, 11) is 5.02.